The van der Waals surface area contributed by atoms with Gasteiger partial charge in [-0.25, -0.2) is 0 Å². The van der Waals surface area contributed by atoms with Gasteiger partial charge in [-0.05, 0) is 38.8 Å². The van der Waals surface area contributed by atoms with Crippen molar-refractivity contribution in [3.8, 4) is 0 Å². The summed E-state index contributed by atoms with van der Waals surface area (Å²) in [6.07, 6.45) is 3.97. The molecular formula is C14H22N2O2. The van der Waals surface area contributed by atoms with Gasteiger partial charge in [-0.1, -0.05) is 0 Å². The first-order valence-electron chi connectivity index (χ1n) is 6.71. The molecule has 1 unspecified atom stereocenters. The monoisotopic (exact) mass is 250 g/mol. The summed E-state index contributed by atoms with van der Waals surface area (Å²) in [4.78, 5) is 6.60. The fourth-order valence-corrected chi connectivity index (χ4v) is 2.38. The largest absolute Gasteiger partial charge is 0.387 e. The van der Waals surface area contributed by atoms with E-state index < -0.39 is 6.10 Å². The molecule has 1 aromatic rings. The number of hydrogen-bond donors (Lipinski definition) is 1. The average Bonchev–Trinajstić information content (AvgIpc) is 2.39. The van der Waals surface area contributed by atoms with E-state index in [0.717, 1.165) is 43.9 Å². The molecule has 0 saturated carbocycles. The van der Waals surface area contributed by atoms with Gasteiger partial charge in [0.05, 0.1) is 29.8 Å². The molecule has 2 heterocycles. The molecule has 1 aliphatic rings. The van der Waals surface area contributed by atoms with Crippen LogP contribution in [0.3, 0.4) is 0 Å². The van der Waals surface area contributed by atoms with Crippen molar-refractivity contribution in [2.75, 3.05) is 24.6 Å². The molecule has 1 aliphatic heterocycles. The number of piperidine rings is 1. The standard InChI is InChI=1S/C14H22N2O2/c1-3-18-13-5-4-8-16(10-13)12-6-7-14(11(2)17)15-9-12/h6-7,9,11,13,17H,3-5,8,10H2,1-2H3/t11-,13?/m1/s1. The highest BCUT2D eigenvalue weighted by Gasteiger charge is 2.20. The van der Waals surface area contributed by atoms with Crippen LogP contribution in [0, 0.1) is 0 Å². The highest BCUT2D eigenvalue weighted by Crippen LogP contribution is 2.21. The molecule has 100 valence electrons. The van der Waals surface area contributed by atoms with Crippen molar-refractivity contribution < 1.29 is 9.84 Å². The summed E-state index contributed by atoms with van der Waals surface area (Å²) in [6, 6.07) is 3.92. The summed E-state index contributed by atoms with van der Waals surface area (Å²) in [5.74, 6) is 0. The number of aromatic nitrogens is 1. The van der Waals surface area contributed by atoms with E-state index in [1.807, 2.05) is 25.3 Å². The molecular weight excluding hydrogens is 228 g/mol. The first-order valence-corrected chi connectivity index (χ1v) is 6.71. The second-order valence-electron chi connectivity index (χ2n) is 4.78. The Morgan fingerprint density at radius 3 is 3.00 bits per heavy atom. The van der Waals surface area contributed by atoms with Crippen LogP contribution in [0.5, 0.6) is 0 Å². The summed E-state index contributed by atoms with van der Waals surface area (Å²) in [5, 5.41) is 9.44. The Bertz CT molecular complexity index is 363. The number of rotatable bonds is 4. The third-order valence-corrected chi connectivity index (χ3v) is 3.34. The summed E-state index contributed by atoms with van der Waals surface area (Å²) in [6.45, 7) is 6.53. The van der Waals surface area contributed by atoms with Crippen LogP contribution in [0.25, 0.3) is 0 Å². The third-order valence-electron chi connectivity index (χ3n) is 3.34. The lowest BCUT2D eigenvalue weighted by Gasteiger charge is -2.34. The van der Waals surface area contributed by atoms with Crippen LogP contribution >= 0.6 is 0 Å². The average molecular weight is 250 g/mol. The van der Waals surface area contributed by atoms with Gasteiger partial charge in [0, 0.05) is 19.7 Å². The van der Waals surface area contributed by atoms with Crippen molar-refractivity contribution in [1.82, 2.24) is 4.98 Å². The fourth-order valence-electron chi connectivity index (χ4n) is 2.38. The Morgan fingerprint density at radius 1 is 1.56 bits per heavy atom. The molecule has 1 saturated heterocycles. The maximum absolute atomic E-state index is 9.44. The lowest BCUT2D eigenvalue weighted by atomic mass is 10.1. The van der Waals surface area contributed by atoms with E-state index in [0.29, 0.717) is 6.10 Å². The molecule has 0 aromatic carbocycles. The third kappa shape index (κ3) is 3.21. The van der Waals surface area contributed by atoms with Gasteiger partial charge in [0.25, 0.3) is 0 Å². The second-order valence-corrected chi connectivity index (χ2v) is 4.78. The molecule has 0 aliphatic carbocycles. The van der Waals surface area contributed by atoms with Crippen molar-refractivity contribution in [3.63, 3.8) is 0 Å². The zero-order chi connectivity index (χ0) is 13.0. The van der Waals surface area contributed by atoms with Crippen LogP contribution in [0.1, 0.15) is 38.5 Å². The van der Waals surface area contributed by atoms with E-state index in [-0.39, 0.29) is 0 Å². The van der Waals surface area contributed by atoms with Crippen molar-refractivity contribution in [2.24, 2.45) is 0 Å². The van der Waals surface area contributed by atoms with Crippen molar-refractivity contribution in [1.29, 1.82) is 0 Å². The summed E-state index contributed by atoms with van der Waals surface area (Å²) >= 11 is 0. The number of pyridine rings is 1. The number of anilines is 1. The van der Waals surface area contributed by atoms with Crippen LogP contribution in [-0.2, 0) is 4.74 Å². The number of aliphatic hydroxyl groups excluding tert-OH is 1. The van der Waals surface area contributed by atoms with Crippen LogP contribution in [0.15, 0.2) is 18.3 Å². The molecule has 1 fully saturated rings. The van der Waals surface area contributed by atoms with Gasteiger partial charge in [-0.15, -0.1) is 0 Å². The summed E-state index contributed by atoms with van der Waals surface area (Å²) < 4.78 is 5.69. The van der Waals surface area contributed by atoms with Gasteiger partial charge in [0.2, 0.25) is 0 Å². The van der Waals surface area contributed by atoms with Crippen molar-refractivity contribution in [3.05, 3.63) is 24.0 Å². The Kier molecular flexibility index (Phi) is 4.55. The molecule has 0 radical (unpaired) electrons. The van der Waals surface area contributed by atoms with E-state index in [2.05, 4.69) is 9.88 Å². The van der Waals surface area contributed by atoms with E-state index >= 15 is 0 Å². The van der Waals surface area contributed by atoms with Crippen LogP contribution in [-0.4, -0.2) is 35.9 Å². The van der Waals surface area contributed by atoms with Gasteiger partial charge < -0.3 is 14.7 Å². The molecule has 0 bridgehead atoms. The quantitative estimate of drug-likeness (QED) is 0.889. The highest BCUT2D eigenvalue weighted by atomic mass is 16.5. The lowest BCUT2D eigenvalue weighted by Crippen LogP contribution is -2.39. The summed E-state index contributed by atoms with van der Waals surface area (Å²) in [5.41, 5.74) is 1.83. The van der Waals surface area contributed by atoms with Crippen LogP contribution in [0.2, 0.25) is 0 Å². The minimum Gasteiger partial charge on any atom is -0.387 e. The van der Waals surface area contributed by atoms with Crippen molar-refractivity contribution in [2.45, 2.75) is 38.9 Å². The first kappa shape index (κ1) is 13.3. The van der Waals surface area contributed by atoms with E-state index in [1.165, 1.54) is 0 Å². The van der Waals surface area contributed by atoms with Crippen LogP contribution in [0.4, 0.5) is 5.69 Å². The first-order chi connectivity index (χ1) is 8.70. The number of nitrogens with zero attached hydrogens (tertiary/aromatic N) is 2. The highest BCUT2D eigenvalue weighted by molar-refractivity contribution is 5.45. The maximum atomic E-state index is 9.44. The van der Waals surface area contributed by atoms with Gasteiger partial charge in [-0.2, -0.15) is 0 Å². The Morgan fingerprint density at radius 2 is 2.39 bits per heavy atom. The van der Waals surface area contributed by atoms with Crippen molar-refractivity contribution >= 4 is 5.69 Å². The molecule has 0 spiro atoms. The Labute approximate surface area is 109 Å². The minimum atomic E-state index is -0.503. The molecule has 2 atom stereocenters. The van der Waals surface area contributed by atoms with Gasteiger partial charge in [-0.3, -0.25) is 4.98 Å². The second kappa shape index (κ2) is 6.16. The molecule has 1 aromatic heterocycles. The topological polar surface area (TPSA) is 45.6 Å². The molecule has 4 heteroatoms. The smallest absolute Gasteiger partial charge is 0.0931 e. The van der Waals surface area contributed by atoms with Gasteiger partial charge in [0.15, 0.2) is 0 Å². The molecule has 0 amide bonds. The van der Waals surface area contributed by atoms with E-state index in [1.54, 1.807) is 6.92 Å². The minimum absolute atomic E-state index is 0.334. The van der Waals surface area contributed by atoms with E-state index in [4.69, 9.17) is 4.74 Å². The summed E-state index contributed by atoms with van der Waals surface area (Å²) in [7, 11) is 0. The lowest BCUT2D eigenvalue weighted by molar-refractivity contribution is 0.0526. The predicted octanol–water partition coefficient (Wildman–Crippen LogP) is 2.14. The number of aliphatic hydroxyl groups is 1. The number of ether oxygens (including phenoxy) is 1. The zero-order valence-electron chi connectivity index (χ0n) is 11.2. The normalized spacial score (nSPS) is 21.9. The fraction of sp³-hybridized carbons (Fsp3) is 0.643. The Hall–Kier alpha value is -1.13. The Balaban J connectivity index is 2.02. The molecule has 1 N–H and O–H groups in total. The SMILES string of the molecule is CCOC1CCCN(c2ccc([C@@H](C)O)nc2)C1. The van der Waals surface area contributed by atoms with Gasteiger partial charge in [0.1, 0.15) is 0 Å². The van der Waals surface area contributed by atoms with Crippen LogP contribution < -0.4 is 4.90 Å². The van der Waals surface area contributed by atoms with Gasteiger partial charge >= 0.3 is 0 Å². The number of hydrogen-bond acceptors (Lipinski definition) is 4. The molecule has 4 nitrogen and oxygen atoms in total. The van der Waals surface area contributed by atoms with E-state index in [9.17, 15) is 5.11 Å². The predicted molar refractivity (Wildman–Crippen MR) is 71.7 cm³/mol. The molecule has 18 heavy (non-hydrogen) atoms. The zero-order valence-corrected chi connectivity index (χ0v) is 11.2. The molecule has 2 rings (SSSR count). The maximum Gasteiger partial charge on any atom is 0.0931 e.